The smallest absolute Gasteiger partial charge is 0.223 e. The van der Waals surface area contributed by atoms with Crippen molar-refractivity contribution in [2.75, 3.05) is 38.1 Å². The lowest BCUT2D eigenvalue weighted by Crippen LogP contribution is -2.44. The summed E-state index contributed by atoms with van der Waals surface area (Å²) < 4.78 is 0. The molecule has 0 radical (unpaired) electrons. The average molecular weight is 301 g/mol. The van der Waals surface area contributed by atoms with E-state index in [9.17, 15) is 4.79 Å². The minimum atomic E-state index is 0.237. The molecule has 1 aromatic carbocycles. The van der Waals surface area contributed by atoms with Gasteiger partial charge in [0.25, 0.3) is 0 Å². The van der Waals surface area contributed by atoms with Crippen LogP contribution in [0, 0.1) is 5.92 Å². The fourth-order valence-electron chi connectivity index (χ4n) is 3.41. The molecule has 1 N–H and O–H groups in total. The quantitative estimate of drug-likeness (QED) is 0.926. The van der Waals surface area contributed by atoms with Gasteiger partial charge in [0.2, 0.25) is 5.91 Å². The maximum absolute atomic E-state index is 12.0. The van der Waals surface area contributed by atoms with E-state index in [4.69, 9.17) is 0 Å². The van der Waals surface area contributed by atoms with Crippen molar-refractivity contribution in [2.24, 2.45) is 5.92 Å². The van der Waals surface area contributed by atoms with Gasteiger partial charge in [0.1, 0.15) is 0 Å². The van der Waals surface area contributed by atoms with Crippen molar-refractivity contribution in [3.8, 4) is 0 Å². The lowest BCUT2D eigenvalue weighted by atomic mass is 10.1. The highest BCUT2D eigenvalue weighted by Crippen LogP contribution is 2.24. The van der Waals surface area contributed by atoms with Gasteiger partial charge in [-0.05, 0) is 37.6 Å². The summed E-state index contributed by atoms with van der Waals surface area (Å²) in [5, 5.41) is 3.09. The molecule has 1 aromatic rings. The van der Waals surface area contributed by atoms with E-state index in [0.717, 1.165) is 39.0 Å². The molecule has 4 nitrogen and oxygen atoms in total. The number of nitrogens with one attached hydrogen (secondary N) is 1. The van der Waals surface area contributed by atoms with Crippen LogP contribution in [-0.2, 0) is 11.3 Å². The highest BCUT2D eigenvalue weighted by molar-refractivity contribution is 5.78. The SMILES string of the molecule is CN1CCN(c2ccc(CNC(=O)C3CCCC3)cc2)CC1. The Labute approximate surface area is 133 Å². The molecule has 1 amide bonds. The summed E-state index contributed by atoms with van der Waals surface area (Å²) in [5.74, 6) is 0.491. The molecule has 1 saturated heterocycles. The molecule has 22 heavy (non-hydrogen) atoms. The van der Waals surface area contributed by atoms with E-state index >= 15 is 0 Å². The molecule has 120 valence electrons. The zero-order chi connectivity index (χ0) is 15.4. The van der Waals surface area contributed by atoms with Gasteiger partial charge in [0.15, 0.2) is 0 Å². The standard InChI is InChI=1S/C18H27N3O/c1-20-10-12-21(13-11-20)17-8-6-15(7-9-17)14-19-18(22)16-4-2-3-5-16/h6-9,16H,2-5,10-14H2,1H3,(H,19,22). The van der Waals surface area contributed by atoms with Crippen molar-refractivity contribution in [3.05, 3.63) is 29.8 Å². The van der Waals surface area contributed by atoms with Crippen molar-refractivity contribution in [1.82, 2.24) is 10.2 Å². The van der Waals surface area contributed by atoms with Crippen LogP contribution in [0.1, 0.15) is 31.2 Å². The number of carbonyl (C=O) groups is 1. The monoisotopic (exact) mass is 301 g/mol. The number of likely N-dealkylation sites (N-methyl/N-ethyl adjacent to an activating group) is 1. The molecule has 0 aromatic heterocycles. The Morgan fingerprint density at radius 1 is 1.09 bits per heavy atom. The Morgan fingerprint density at radius 2 is 1.73 bits per heavy atom. The van der Waals surface area contributed by atoms with Gasteiger partial charge in [-0.1, -0.05) is 25.0 Å². The summed E-state index contributed by atoms with van der Waals surface area (Å²) in [4.78, 5) is 16.8. The van der Waals surface area contributed by atoms with E-state index in [-0.39, 0.29) is 11.8 Å². The summed E-state index contributed by atoms with van der Waals surface area (Å²) in [5.41, 5.74) is 2.48. The number of hydrogen-bond acceptors (Lipinski definition) is 3. The van der Waals surface area contributed by atoms with Gasteiger partial charge in [-0.2, -0.15) is 0 Å². The predicted molar refractivity (Wildman–Crippen MR) is 90.0 cm³/mol. The van der Waals surface area contributed by atoms with Gasteiger partial charge in [-0.15, -0.1) is 0 Å². The number of hydrogen-bond donors (Lipinski definition) is 1. The van der Waals surface area contributed by atoms with E-state index in [1.54, 1.807) is 0 Å². The van der Waals surface area contributed by atoms with Crippen LogP contribution in [0.4, 0.5) is 5.69 Å². The van der Waals surface area contributed by atoms with E-state index in [2.05, 4.69) is 46.4 Å². The number of nitrogens with zero attached hydrogens (tertiary/aromatic N) is 2. The van der Waals surface area contributed by atoms with Crippen LogP contribution < -0.4 is 10.2 Å². The molecule has 1 heterocycles. The van der Waals surface area contributed by atoms with Crippen molar-refractivity contribution >= 4 is 11.6 Å². The Kier molecular flexibility index (Phi) is 4.98. The third-order valence-corrected chi connectivity index (χ3v) is 5.00. The Morgan fingerprint density at radius 3 is 2.36 bits per heavy atom. The van der Waals surface area contributed by atoms with Crippen LogP contribution in [0.2, 0.25) is 0 Å². The molecule has 3 rings (SSSR count). The molecule has 2 aliphatic rings. The molecule has 0 bridgehead atoms. The van der Waals surface area contributed by atoms with Crippen LogP contribution in [0.3, 0.4) is 0 Å². The van der Waals surface area contributed by atoms with Gasteiger partial charge in [-0.3, -0.25) is 4.79 Å². The number of anilines is 1. The number of piperazine rings is 1. The zero-order valence-electron chi connectivity index (χ0n) is 13.6. The van der Waals surface area contributed by atoms with Gasteiger partial charge >= 0.3 is 0 Å². The van der Waals surface area contributed by atoms with Crippen molar-refractivity contribution in [2.45, 2.75) is 32.2 Å². The van der Waals surface area contributed by atoms with Crippen LogP contribution in [0.15, 0.2) is 24.3 Å². The second-order valence-electron chi connectivity index (χ2n) is 6.66. The molecule has 1 aliphatic carbocycles. The highest BCUT2D eigenvalue weighted by atomic mass is 16.1. The first-order valence-corrected chi connectivity index (χ1v) is 8.52. The first kappa shape index (κ1) is 15.3. The molecular formula is C18H27N3O. The summed E-state index contributed by atoms with van der Waals surface area (Å²) in [6, 6.07) is 8.65. The van der Waals surface area contributed by atoms with Gasteiger partial charge in [-0.25, -0.2) is 0 Å². The molecular weight excluding hydrogens is 274 g/mol. The lowest BCUT2D eigenvalue weighted by molar-refractivity contribution is -0.124. The Hall–Kier alpha value is -1.55. The minimum Gasteiger partial charge on any atom is -0.369 e. The first-order chi connectivity index (χ1) is 10.7. The lowest BCUT2D eigenvalue weighted by Gasteiger charge is -2.34. The average Bonchev–Trinajstić information content (AvgIpc) is 3.08. The maximum Gasteiger partial charge on any atom is 0.223 e. The second-order valence-corrected chi connectivity index (χ2v) is 6.66. The van der Waals surface area contributed by atoms with Crippen molar-refractivity contribution in [3.63, 3.8) is 0 Å². The largest absolute Gasteiger partial charge is 0.369 e. The number of rotatable bonds is 4. The molecule has 0 unspecified atom stereocenters. The van der Waals surface area contributed by atoms with Crippen LogP contribution in [0.5, 0.6) is 0 Å². The number of amides is 1. The van der Waals surface area contributed by atoms with Crippen LogP contribution in [0.25, 0.3) is 0 Å². The molecule has 4 heteroatoms. The third kappa shape index (κ3) is 3.80. The first-order valence-electron chi connectivity index (χ1n) is 8.52. The molecule has 0 spiro atoms. The van der Waals surface area contributed by atoms with E-state index in [1.165, 1.54) is 24.1 Å². The zero-order valence-corrected chi connectivity index (χ0v) is 13.6. The van der Waals surface area contributed by atoms with Crippen molar-refractivity contribution in [1.29, 1.82) is 0 Å². The summed E-state index contributed by atoms with van der Waals surface area (Å²) in [6.45, 7) is 5.08. The second kappa shape index (κ2) is 7.14. The molecule has 1 saturated carbocycles. The van der Waals surface area contributed by atoms with Gasteiger partial charge in [0, 0.05) is 44.3 Å². The van der Waals surface area contributed by atoms with Crippen LogP contribution in [-0.4, -0.2) is 44.0 Å². The fourth-order valence-corrected chi connectivity index (χ4v) is 3.41. The fraction of sp³-hybridized carbons (Fsp3) is 0.611. The molecule has 2 fully saturated rings. The van der Waals surface area contributed by atoms with Crippen LogP contribution >= 0.6 is 0 Å². The summed E-state index contributed by atoms with van der Waals surface area (Å²) in [6.07, 6.45) is 4.54. The number of benzene rings is 1. The third-order valence-electron chi connectivity index (χ3n) is 5.00. The van der Waals surface area contributed by atoms with Gasteiger partial charge < -0.3 is 15.1 Å². The minimum absolute atomic E-state index is 0.237. The van der Waals surface area contributed by atoms with Crippen molar-refractivity contribution < 1.29 is 4.79 Å². The van der Waals surface area contributed by atoms with E-state index in [0.29, 0.717) is 6.54 Å². The predicted octanol–water partition coefficient (Wildman–Crippen LogP) is 2.24. The van der Waals surface area contributed by atoms with E-state index in [1.807, 2.05) is 0 Å². The summed E-state index contributed by atoms with van der Waals surface area (Å²) >= 11 is 0. The normalized spacial score (nSPS) is 20.3. The Bertz CT molecular complexity index is 486. The van der Waals surface area contributed by atoms with E-state index < -0.39 is 0 Å². The van der Waals surface area contributed by atoms with Gasteiger partial charge in [0.05, 0.1) is 0 Å². The Balaban J connectivity index is 1.50. The highest BCUT2D eigenvalue weighted by Gasteiger charge is 2.22. The maximum atomic E-state index is 12.0. The summed E-state index contributed by atoms with van der Waals surface area (Å²) in [7, 11) is 2.17. The topological polar surface area (TPSA) is 35.6 Å². The molecule has 1 aliphatic heterocycles. The number of carbonyl (C=O) groups excluding carboxylic acids is 1. The molecule has 0 atom stereocenters.